The summed E-state index contributed by atoms with van der Waals surface area (Å²) in [7, 11) is 0. The molecule has 4 aromatic rings. The lowest BCUT2D eigenvalue weighted by Crippen LogP contribution is -2.14. The number of nitrogens with two attached hydrogens (primary N) is 1. The molecule has 1 amide bonds. The first kappa shape index (κ1) is 24.6. The molecule has 0 saturated heterocycles. The molecule has 2 aromatic carbocycles. The number of hydrogen-bond acceptors (Lipinski definition) is 4. The maximum absolute atomic E-state index is 13.8. The van der Waals surface area contributed by atoms with Gasteiger partial charge in [0.05, 0.1) is 16.7 Å². The average Bonchev–Trinajstić information content (AvgIpc) is 3.25. The van der Waals surface area contributed by atoms with Gasteiger partial charge in [-0.3, -0.25) is 9.78 Å². The van der Waals surface area contributed by atoms with Gasteiger partial charge in [-0.05, 0) is 29.8 Å². The van der Waals surface area contributed by atoms with E-state index in [0.717, 1.165) is 47.3 Å². The normalized spacial score (nSPS) is 12.6. The molecule has 184 valence electrons. The number of carbonyl (C=O) groups is 1. The summed E-state index contributed by atoms with van der Waals surface area (Å²) < 4.78 is 83.0. The second-order valence-electron chi connectivity index (χ2n) is 7.43. The molecule has 12 heteroatoms. The van der Waals surface area contributed by atoms with Crippen LogP contribution in [0.25, 0.3) is 34.5 Å². The van der Waals surface area contributed by atoms with Crippen molar-refractivity contribution in [2.24, 2.45) is 5.73 Å². The average molecular weight is 503 g/mol. The van der Waals surface area contributed by atoms with Crippen LogP contribution < -0.4 is 5.73 Å². The standard InChI is InChI=1S/C24H15F6N5O/c25-23(26,27)18-7-3-1-5-15(18)21-33-22(16-6-2-4-8-19(16)24(28,29)30)35(34-21)13-17(20(31)36)14-9-11-32-12-10-14/h1-13H,(H2,31,36)/b17-13+. The summed E-state index contributed by atoms with van der Waals surface area (Å²) in [6, 6.07) is 11.6. The highest BCUT2D eigenvalue weighted by Gasteiger charge is 2.37. The number of primary amides is 1. The van der Waals surface area contributed by atoms with Crippen LogP contribution in [-0.4, -0.2) is 25.7 Å². The van der Waals surface area contributed by atoms with Crippen molar-refractivity contribution in [2.45, 2.75) is 12.4 Å². The van der Waals surface area contributed by atoms with Crippen LogP contribution in [0.1, 0.15) is 16.7 Å². The van der Waals surface area contributed by atoms with Crippen LogP contribution in [0.15, 0.2) is 73.1 Å². The van der Waals surface area contributed by atoms with Gasteiger partial charge in [0, 0.05) is 29.7 Å². The van der Waals surface area contributed by atoms with Crippen molar-refractivity contribution < 1.29 is 31.1 Å². The van der Waals surface area contributed by atoms with Gasteiger partial charge in [-0.25, -0.2) is 9.67 Å². The van der Waals surface area contributed by atoms with Gasteiger partial charge in [0.1, 0.15) is 0 Å². The van der Waals surface area contributed by atoms with Crippen LogP contribution in [0, 0.1) is 0 Å². The predicted octanol–water partition coefficient (Wildman–Crippen LogP) is 5.53. The molecule has 2 aromatic heterocycles. The van der Waals surface area contributed by atoms with Crippen molar-refractivity contribution in [3.63, 3.8) is 0 Å². The number of aromatic nitrogens is 4. The minimum absolute atomic E-state index is 0.177. The molecule has 0 bridgehead atoms. The first-order chi connectivity index (χ1) is 17.0. The van der Waals surface area contributed by atoms with Gasteiger partial charge >= 0.3 is 12.4 Å². The lowest BCUT2D eigenvalue weighted by molar-refractivity contribution is -0.137. The van der Waals surface area contributed by atoms with Crippen LogP contribution in [0.4, 0.5) is 26.3 Å². The lowest BCUT2D eigenvalue weighted by Gasteiger charge is -2.12. The summed E-state index contributed by atoms with van der Waals surface area (Å²) in [6.45, 7) is 0. The van der Waals surface area contributed by atoms with E-state index in [1.54, 1.807) is 0 Å². The molecule has 0 unspecified atom stereocenters. The van der Waals surface area contributed by atoms with E-state index in [9.17, 15) is 31.1 Å². The van der Waals surface area contributed by atoms with Gasteiger partial charge in [0.25, 0.3) is 5.91 Å². The summed E-state index contributed by atoms with van der Waals surface area (Å²) in [5.74, 6) is -1.89. The highest BCUT2D eigenvalue weighted by atomic mass is 19.4. The smallest absolute Gasteiger partial charge is 0.366 e. The Morgan fingerprint density at radius 1 is 0.806 bits per heavy atom. The zero-order chi connectivity index (χ0) is 26.1. The number of benzene rings is 2. The van der Waals surface area contributed by atoms with Gasteiger partial charge in [-0.15, -0.1) is 5.10 Å². The maximum atomic E-state index is 13.8. The predicted molar refractivity (Wildman–Crippen MR) is 118 cm³/mol. The van der Waals surface area contributed by atoms with E-state index in [1.165, 1.54) is 36.7 Å². The van der Waals surface area contributed by atoms with Crippen LogP contribution >= 0.6 is 0 Å². The van der Waals surface area contributed by atoms with Crippen molar-refractivity contribution in [1.29, 1.82) is 0 Å². The van der Waals surface area contributed by atoms with Crippen molar-refractivity contribution >= 4 is 17.7 Å². The molecule has 0 atom stereocenters. The molecule has 0 aliphatic carbocycles. The van der Waals surface area contributed by atoms with Crippen molar-refractivity contribution in [1.82, 2.24) is 19.7 Å². The molecule has 36 heavy (non-hydrogen) atoms. The van der Waals surface area contributed by atoms with Crippen LogP contribution in [0.5, 0.6) is 0 Å². The molecule has 0 aliphatic heterocycles. The summed E-state index contributed by atoms with van der Waals surface area (Å²) in [5.41, 5.74) is 2.50. The molecule has 0 radical (unpaired) electrons. The van der Waals surface area contributed by atoms with Gasteiger partial charge in [0.15, 0.2) is 11.6 Å². The van der Waals surface area contributed by atoms with Gasteiger partial charge in [0.2, 0.25) is 0 Å². The van der Waals surface area contributed by atoms with Crippen LogP contribution in [-0.2, 0) is 17.1 Å². The third-order valence-corrected chi connectivity index (χ3v) is 5.09. The summed E-state index contributed by atoms with van der Waals surface area (Å²) >= 11 is 0. The summed E-state index contributed by atoms with van der Waals surface area (Å²) in [5, 5.41) is 4.04. The molecule has 0 saturated carbocycles. The van der Waals surface area contributed by atoms with E-state index in [0.29, 0.717) is 0 Å². The Morgan fingerprint density at radius 3 is 1.89 bits per heavy atom. The number of nitrogens with zero attached hydrogens (tertiary/aromatic N) is 4. The van der Waals surface area contributed by atoms with Crippen molar-refractivity contribution in [2.75, 3.05) is 0 Å². The minimum Gasteiger partial charge on any atom is -0.366 e. The molecule has 2 heterocycles. The van der Waals surface area contributed by atoms with E-state index in [4.69, 9.17) is 5.73 Å². The fourth-order valence-corrected chi connectivity index (χ4v) is 3.50. The Kier molecular flexibility index (Phi) is 6.35. The maximum Gasteiger partial charge on any atom is 0.417 e. The quantitative estimate of drug-likeness (QED) is 0.287. The monoisotopic (exact) mass is 503 g/mol. The molecule has 4 rings (SSSR count). The largest absolute Gasteiger partial charge is 0.417 e. The Bertz CT molecular complexity index is 1440. The van der Waals surface area contributed by atoms with E-state index >= 15 is 0 Å². The van der Waals surface area contributed by atoms with Gasteiger partial charge in [-0.2, -0.15) is 26.3 Å². The van der Waals surface area contributed by atoms with Crippen molar-refractivity contribution in [3.8, 4) is 22.8 Å². The van der Waals surface area contributed by atoms with E-state index in [1.807, 2.05) is 0 Å². The topological polar surface area (TPSA) is 86.7 Å². The molecular weight excluding hydrogens is 488 g/mol. The molecule has 0 fully saturated rings. The van der Waals surface area contributed by atoms with Crippen LogP contribution in [0.2, 0.25) is 0 Å². The fourth-order valence-electron chi connectivity index (χ4n) is 3.50. The van der Waals surface area contributed by atoms with E-state index in [-0.39, 0.29) is 11.1 Å². The van der Waals surface area contributed by atoms with E-state index in [2.05, 4.69) is 15.1 Å². The van der Waals surface area contributed by atoms with E-state index < -0.39 is 52.2 Å². The zero-order valence-corrected chi connectivity index (χ0v) is 18.0. The minimum atomic E-state index is -4.81. The molecule has 0 aliphatic rings. The number of hydrogen-bond donors (Lipinski definition) is 1. The zero-order valence-electron chi connectivity index (χ0n) is 18.0. The Morgan fingerprint density at radius 2 is 1.33 bits per heavy atom. The SMILES string of the molecule is NC(=O)/C(=C/n1nc(-c2ccccc2C(F)(F)F)nc1-c1ccccc1C(F)(F)F)c1ccncc1. The fraction of sp³-hybridized carbons (Fsp3) is 0.0833. The Balaban J connectivity index is 2.02. The third kappa shape index (κ3) is 4.97. The highest BCUT2D eigenvalue weighted by Crippen LogP contribution is 2.39. The van der Waals surface area contributed by atoms with Gasteiger partial charge in [-0.1, -0.05) is 36.4 Å². The number of amides is 1. The number of carbonyl (C=O) groups excluding carboxylic acids is 1. The van der Waals surface area contributed by atoms with Crippen molar-refractivity contribution in [3.05, 3.63) is 89.7 Å². The number of rotatable bonds is 5. The third-order valence-electron chi connectivity index (χ3n) is 5.09. The summed E-state index contributed by atoms with van der Waals surface area (Å²) in [4.78, 5) is 20.1. The van der Waals surface area contributed by atoms with Crippen LogP contribution in [0.3, 0.4) is 0 Å². The van der Waals surface area contributed by atoms with Gasteiger partial charge < -0.3 is 5.73 Å². The Labute approximate surface area is 199 Å². The molecule has 2 N–H and O–H groups in total. The first-order valence-electron chi connectivity index (χ1n) is 10.2. The summed E-state index contributed by atoms with van der Waals surface area (Å²) in [6.07, 6.45) is -5.85. The Hall–Kier alpha value is -4.48. The number of pyridine rings is 1. The molecule has 6 nitrogen and oxygen atoms in total. The second kappa shape index (κ2) is 9.29. The molecule has 0 spiro atoms. The second-order valence-corrected chi connectivity index (χ2v) is 7.43. The highest BCUT2D eigenvalue weighted by molar-refractivity contribution is 6.22. The molecular formula is C24H15F6N5O. The number of halogens is 6. The lowest BCUT2D eigenvalue weighted by atomic mass is 10.1. The first-order valence-corrected chi connectivity index (χ1v) is 10.2. The number of alkyl halides is 6.